The van der Waals surface area contributed by atoms with Crippen molar-refractivity contribution in [3.8, 4) is 0 Å². The summed E-state index contributed by atoms with van der Waals surface area (Å²) in [5, 5.41) is 0. The van der Waals surface area contributed by atoms with Crippen LogP contribution in [0.25, 0.3) is 0 Å². The van der Waals surface area contributed by atoms with Crippen molar-refractivity contribution in [1.29, 1.82) is 0 Å². The van der Waals surface area contributed by atoms with Crippen molar-refractivity contribution in [2.24, 2.45) is 11.3 Å². The second-order valence-corrected chi connectivity index (χ2v) is 10.9. The number of nitrogens with zero attached hydrogens (tertiary/aromatic N) is 4. The smallest absolute Gasteiger partial charge is 0.409 e. The van der Waals surface area contributed by atoms with Crippen LogP contribution < -0.4 is 0 Å². The quantitative estimate of drug-likeness (QED) is 0.637. The van der Waals surface area contributed by atoms with Gasteiger partial charge in [-0.15, -0.1) is 0 Å². The van der Waals surface area contributed by atoms with E-state index >= 15 is 0 Å². The van der Waals surface area contributed by atoms with Crippen LogP contribution in [-0.4, -0.2) is 83.1 Å². The van der Waals surface area contributed by atoms with E-state index in [4.69, 9.17) is 4.74 Å². The van der Waals surface area contributed by atoms with Gasteiger partial charge in [0, 0.05) is 50.0 Å². The molecule has 2 amide bonds. The molecular formula is C27H40N4O3. The van der Waals surface area contributed by atoms with E-state index < -0.39 is 0 Å². The lowest BCUT2D eigenvalue weighted by Gasteiger charge is -2.52. The van der Waals surface area contributed by atoms with Crippen LogP contribution in [0, 0.1) is 11.3 Å². The second kappa shape index (κ2) is 10.2. The summed E-state index contributed by atoms with van der Waals surface area (Å²) in [6.07, 6.45) is 11.2. The number of rotatable bonds is 6. The van der Waals surface area contributed by atoms with Gasteiger partial charge in [-0.25, -0.2) is 4.79 Å². The fourth-order valence-corrected chi connectivity index (χ4v) is 7.02. The molecule has 1 aliphatic carbocycles. The normalized spacial score (nSPS) is 30.0. The molecule has 3 saturated heterocycles. The van der Waals surface area contributed by atoms with E-state index in [1.54, 1.807) is 6.20 Å². The molecule has 1 spiro atoms. The van der Waals surface area contributed by atoms with Gasteiger partial charge in [0.1, 0.15) is 0 Å². The standard InChI is InChI=1S/C27H40N4O3/c1-2-34-26(33)30-17-12-27(20-30)18-23(19-27)29-15-10-21(11-16-29)24-7-5-14-31(24)25(32)9-8-22-6-3-4-13-28-22/h3-4,6,13,21,23-24H,2,5,7-12,14-20H2,1H3. The predicted octanol–water partition coefficient (Wildman–Crippen LogP) is 3.73. The summed E-state index contributed by atoms with van der Waals surface area (Å²) in [7, 11) is 0. The Morgan fingerprint density at radius 3 is 2.68 bits per heavy atom. The van der Waals surface area contributed by atoms with Gasteiger partial charge in [0.15, 0.2) is 0 Å². The average Bonchev–Trinajstić information content (AvgIpc) is 3.51. The van der Waals surface area contributed by atoms with Gasteiger partial charge in [0.25, 0.3) is 0 Å². The van der Waals surface area contributed by atoms with Crippen LogP contribution >= 0.6 is 0 Å². The molecule has 4 fully saturated rings. The van der Waals surface area contributed by atoms with Crippen molar-refractivity contribution in [2.75, 3.05) is 39.3 Å². The number of piperidine rings is 1. The zero-order valence-corrected chi connectivity index (χ0v) is 20.7. The molecule has 0 aromatic carbocycles. The molecule has 1 saturated carbocycles. The van der Waals surface area contributed by atoms with Crippen LogP contribution in [0.3, 0.4) is 0 Å². The molecule has 7 nitrogen and oxygen atoms in total. The summed E-state index contributed by atoms with van der Waals surface area (Å²) in [6.45, 7) is 7.27. The Morgan fingerprint density at radius 1 is 1.12 bits per heavy atom. The highest BCUT2D eigenvalue weighted by atomic mass is 16.6. The molecule has 4 heterocycles. The maximum absolute atomic E-state index is 13.0. The van der Waals surface area contributed by atoms with Crippen LogP contribution in [0.4, 0.5) is 4.79 Å². The Labute approximate surface area is 203 Å². The first kappa shape index (κ1) is 23.6. The lowest BCUT2D eigenvalue weighted by Crippen LogP contribution is -2.55. The number of amides is 2. The fourth-order valence-electron chi connectivity index (χ4n) is 7.02. The van der Waals surface area contributed by atoms with Gasteiger partial charge < -0.3 is 19.4 Å². The molecule has 1 atom stereocenters. The highest BCUT2D eigenvalue weighted by molar-refractivity contribution is 5.77. The molecule has 0 bridgehead atoms. The van der Waals surface area contributed by atoms with E-state index in [9.17, 15) is 9.59 Å². The van der Waals surface area contributed by atoms with Crippen LogP contribution in [0.2, 0.25) is 0 Å². The van der Waals surface area contributed by atoms with Crippen LogP contribution in [-0.2, 0) is 16.0 Å². The minimum atomic E-state index is -0.140. The van der Waals surface area contributed by atoms with Crippen molar-refractivity contribution in [1.82, 2.24) is 19.7 Å². The van der Waals surface area contributed by atoms with E-state index in [-0.39, 0.29) is 6.09 Å². The maximum Gasteiger partial charge on any atom is 0.409 e. The minimum Gasteiger partial charge on any atom is -0.450 e. The number of pyridine rings is 1. The van der Waals surface area contributed by atoms with Crippen LogP contribution in [0.15, 0.2) is 24.4 Å². The molecule has 4 aliphatic rings. The number of aryl methyl sites for hydroxylation is 1. The van der Waals surface area contributed by atoms with Gasteiger partial charge in [0.05, 0.1) is 6.61 Å². The predicted molar refractivity (Wildman–Crippen MR) is 130 cm³/mol. The summed E-state index contributed by atoms with van der Waals surface area (Å²) < 4.78 is 5.20. The van der Waals surface area contributed by atoms with E-state index in [0.717, 1.165) is 64.1 Å². The molecule has 3 aliphatic heterocycles. The molecule has 5 rings (SSSR count). The summed E-state index contributed by atoms with van der Waals surface area (Å²) in [5.74, 6) is 0.946. The maximum atomic E-state index is 13.0. The number of carbonyl (C=O) groups excluding carboxylic acids is 2. The number of ether oxygens (including phenoxy) is 1. The Balaban J connectivity index is 1.06. The van der Waals surface area contributed by atoms with Gasteiger partial charge >= 0.3 is 6.09 Å². The Morgan fingerprint density at radius 2 is 1.94 bits per heavy atom. The number of carbonyl (C=O) groups is 2. The first-order chi connectivity index (χ1) is 16.6. The zero-order valence-electron chi connectivity index (χ0n) is 20.7. The fraction of sp³-hybridized carbons (Fsp3) is 0.741. The first-order valence-corrected chi connectivity index (χ1v) is 13.4. The molecule has 1 aromatic rings. The molecule has 186 valence electrons. The van der Waals surface area contributed by atoms with Gasteiger partial charge in [0.2, 0.25) is 5.91 Å². The molecule has 0 N–H and O–H groups in total. The summed E-state index contributed by atoms with van der Waals surface area (Å²) in [4.78, 5) is 36.2. The topological polar surface area (TPSA) is 66.0 Å². The highest BCUT2D eigenvalue weighted by Gasteiger charge is 2.51. The molecule has 0 radical (unpaired) electrons. The summed E-state index contributed by atoms with van der Waals surface area (Å²) in [5.41, 5.74) is 1.34. The van der Waals surface area contributed by atoms with E-state index in [1.165, 1.54) is 25.7 Å². The van der Waals surface area contributed by atoms with E-state index in [1.807, 2.05) is 30.0 Å². The molecule has 1 unspecified atom stereocenters. The van der Waals surface area contributed by atoms with Crippen molar-refractivity contribution in [2.45, 2.75) is 76.8 Å². The summed E-state index contributed by atoms with van der Waals surface area (Å²) >= 11 is 0. The van der Waals surface area contributed by atoms with Gasteiger partial charge in [-0.1, -0.05) is 6.07 Å². The first-order valence-electron chi connectivity index (χ1n) is 13.4. The second-order valence-electron chi connectivity index (χ2n) is 10.9. The number of aromatic nitrogens is 1. The largest absolute Gasteiger partial charge is 0.450 e. The van der Waals surface area contributed by atoms with E-state index in [2.05, 4.69) is 14.8 Å². The number of hydrogen-bond donors (Lipinski definition) is 0. The molecule has 1 aromatic heterocycles. The SMILES string of the molecule is CCOC(=O)N1CCC2(CC(N3CCC(C4CCCN4C(=O)CCc4ccccn4)CC3)C2)C1. The zero-order chi connectivity index (χ0) is 23.5. The van der Waals surface area contributed by atoms with Crippen molar-refractivity contribution < 1.29 is 14.3 Å². The molecule has 34 heavy (non-hydrogen) atoms. The number of likely N-dealkylation sites (tertiary alicyclic amines) is 3. The van der Waals surface area contributed by atoms with Crippen LogP contribution in [0.1, 0.15) is 64.0 Å². The van der Waals surface area contributed by atoms with E-state index in [0.29, 0.717) is 42.4 Å². The lowest BCUT2D eigenvalue weighted by molar-refractivity contribution is -0.133. The van der Waals surface area contributed by atoms with Crippen LogP contribution in [0.5, 0.6) is 0 Å². The van der Waals surface area contributed by atoms with Crippen molar-refractivity contribution in [3.05, 3.63) is 30.1 Å². The Bertz CT molecular complexity index is 849. The summed E-state index contributed by atoms with van der Waals surface area (Å²) in [6, 6.07) is 7.02. The Hall–Kier alpha value is -2.15. The van der Waals surface area contributed by atoms with Crippen molar-refractivity contribution >= 4 is 12.0 Å². The number of hydrogen-bond acceptors (Lipinski definition) is 5. The molecular weight excluding hydrogens is 428 g/mol. The average molecular weight is 469 g/mol. The third kappa shape index (κ3) is 4.95. The van der Waals surface area contributed by atoms with Gasteiger partial charge in [-0.3, -0.25) is 9.78 Å². The molecule has 7 heteroatoms. The Kier molecular flexibility index (Phi) is 7.09. The highest BCUT2D eigenvalue weighted by Crippen LogP contribution is 2.51. The lowest BCUT2D eigenvalue weighted by atomic mass is 9.64. The van der Waals surface area contributed by atoms with Gasteiger partial charge in [-0.05, 0) is 94.8 Å². The minimum absolute atomic E-state index is 0.140. The van der Waals surface area contributed by atoms with Crippen molar-refractivity contribution in [3.63, 3.8) is 0 Å². The monoisotopic (exact) mass is 468 g/mol. The third-order valence-electron chi connectivity index (χ3n) is 8.88. The third-order valence-corrected chi connectivity index (χ3v) is 8.88. The van der Waals surface area contributed by atoms with Gasteiger partial charge in [-0.2, -0.15) is 0 Å².